The molecule has 3 aliphatic rings. The first-order valence-electron chi connectivity index (χ1n) is 15.0. The highest BCUT2D eigenvalue weighted by Gasteiger charge is 2.38. The minimum atomic E-state index is -0.726. The molecule has 12 heteroatoms. The highest BCUT2D eigenvalue weighted by Crippen LogP contribution is 2.36. The maximum Gasteiger partial charge on any atom is 0.318 e. The Balaban J connectivity index is 1.17. The van der Waals surface area contributed by atoms with Gasteiger partial charge < -0.3 is 19.3 Å². The number of carbonyl (C=O) groups excluding carboxylic acids is 1. The number of amides is 1. The van der Waals surface area contributed by atoms with Gasteiger partial charge in [0, 0.05) is 62.0 Å². The fourth-order valence-corrected chi connectivity index (χ4v) is 6.74. The second kappa shape index (κ2) is 12.0. The van der Waals surface area contributed by atoms with Crippen molar-refractivity contribution in [3.8, 4) is 23.3 Å². The van der Waals surface area contributed by atoms with Gasteiger partial charge in [-0.2, -0.15) is 15.2 Å². The lowest BCUT2D eigenvalue weighted by Gasteiger charge is -2.41. The Bertz CT molecular complexity index is 1860. The van der Waals surface area contributed by atoms with Crippen molar-refractivity contribution in [1.82, 2.24) is 24.8 Å². The number of carbonyl (C=O) groups is 1. The molecule has 0 saturated carbocycles. The molecule has 0 unspecified atom stereocenters. The van der Waals surface area contributed by atoms with Crippen LogP contribution >= 0.6 is 0 Å². The third kappa shape index (κ3) is 5.32. The zero-order chi connectivity index (χ0) is 31.1. The summed E-state index contributed by atoms with van der Waals surface area (Å²) < 4.78 is 42.2. The van der Waals surface area contributed by atoms with Crippen molar-refractivity contribution >= 4 is 33.4 Å². The Labute approximate surface area is 258 Å². The van der Waals surface area contributed by atoms with Crippen molar-refractivity contribution in [2.75, 3.05) is 51.3 Å². The molecule has 0 radical (unpaired) electrons. The van der Waals surface area contributed by atoms with Crippen molar-refractivity contribution in [2.45, 2.75) is 31.0 Å². The molecule has 3 fully saturated rings. The number of piperazine rings is 1. The SMILES string of the molecule is COc1nc(N2CCN(C(=O)/C=C/CN3C[C@H]4C[C@@H]3CO4)[C@@H](CC#N)C2)c2cnc(-c3cccc4cccc(F)c34)c(F)c2n1. The van der Waals surface area contributed by atoms with Gasteiger partial charge in [-0.1, -0.05) is 36.4 Å². The molecule has 5 heterocycles. The molecule has 230 valence electrons. The summed E-state index contributed by atoms with van der Waals surface area (Å²) >= 11 is 0. The predicted molar refractivity (Wildman–Crippen MR) is 164 cm³/mol. The first-order chi connectivity index (χ1) is 21.9. The normalized spacial score (nSPS) is 21.7. The van der Waals surface area contributed by atoms with E-state index in [1.807, 2.05) is 11.0 Å². The van der Waals surface area contributed by atoms with E-state index >= 15 is 4.39 Å². The van der Waals surface area contributed by atoms with Crippen LogP contribution in [0.25, 0.3) is 32.9 Å². The lowest BCUT2D eigenvalue weighted by atomic mass is 10.0. The standard InChI is InChI=1S/C33H31F2N7O3/c1-44-33-38-31-25(16-37-30(29(31)35)24-7-2-5-20-6-3-8-26(34)28(20)24)32(39-33)41-13-14-42(21(17-41)10-11-36)27(43)9-4-12-40-18-23-15-22(40)19-45-23/h2-9,16,21-23H,10,12-15,17-19H2,1H3/b9-4+/t21-,22+,23+/m0/s1. The van der Waals surface area contributed by atoms with Gasteiger partial charge in [-0.15, -0.1) is 0 Å². The Hall–Kier alpha value is -4.73. The minimum absolute atomic E-state index is 0.0190. The zero-order valence-corrected chi connectivity index (χ0v) is 24.7. The van der Waals surface area contributed by atoms with Gasteiger partial charge in [0.1, 0.15) is 22.8 Å². The maximum atomic E-state index is 16.3. The van der Waals surface area contributed by atoms with Gasteiger partial charge in [0.25, 0.3) is 0 Å². The molecule has 45 heavy (non-hydrogen) atoms. The largest absolute Gasteiger partial charge is 0.467 e. The number of ether oxygens (including phenoxy) is 2. The number of hydrogen-bond donors (Lipinski definition) is 0. The number of rotatable bonds is 7. The molecule has 0 N–H and O–H groups in total. The lowest BCUT2D eigenvalue weighted by molar-refractivity contribution is -0.128. The van der Waals surface area contributed by atoms with Crippen LogP contribution in [0.1, 0.15) is 12.8 Å². The topological polar surface area (TPSA) is 108 Å². The first-order valence-corrected chi connectivity index (χ1v) is 15.0. The number of likely N-dealkylation sites (tertiary alicyclic amines) is 1. The van der Waals surface area contributed by atoms with Gasteiger partial charge in [0.05, 0.1) is 43.7 Å². The molecule has 3 aliphatic heterocycles. The molecule has 2 aromatic heterocycles. The van der Waals surface area contributed by atoms with E-state index in [-0.39, 0.29) is 34.9 Å². The maximum absolute atomic E-state index is 16.3. The monoisotopic (exact) mass is 611 g/mol. The van der Waals surface area contributed by atoms with Crippen LogP contribution in [0.3, 0.4) is 0 Å². The average Bonchev–Trinajstić information content (AvgIpc) is 3.68. The van der Waals surface area contributed by atoms with E-state index in [9.17, 15) is 14.4 Å². The average molecular weight is 612 g/mol. The number of anilines is 1. The summed E-state index contributed by atoms with van der Waals surface area (Å²) in [6.07, 6.45) is 6.41. The van der Waals surface area contributed by atoms with Gasteiger partial charge in [-0.05, 0) is 17.9 Å². The molecule has 0 spiro atoms. The van der Waals surface area contributed by atoms with Gasteiger partial charge >= 0.3 is 6.01 Å². The van der Waals surface area contributed by atoms with Crippen LogP contribution in [-0.4, -0.2) is 95.3 Å². The summed E-state index contributed by atoms with van der Waals surface area (Å²) in [5, 5.41) is 10.8. The number of hydrogen-bond acceptors (Lipinski definition) is 9. The molecule has 7 rings (SSSR count). The molecule has 1 amide bonds. The summed E-state index contributed by atoms with van der Waals surface area (Å²) in [4.78, 5) is 32.5. The predicted octanol–water partition coefficient (Wildman–Crippen LogP) is 4.09. The van der Waals surface area contributed by atoms with E-state index in [4.69, 9.17) is 9.47 Å². The van der Waals surface area contributed by atoms with Gasteiger partial charge in [0.2, 0.25) is 5.91 Å². The van der Waals surface area contributed by atoms with Crippen molar-refractivity contribution < 1.29 is 23.0 Å². The number of morpholine rings is 1. The third-order valence-corrected chi connectivity index (χ3v) is 8.94. The number of methoxy groups -OCH3 is 1. The number of nitriles is 1. The second-order valence-corrected chi connectivity index (χ2v) is 11.6. The summed E-state index contributed by atoms with van der Waals surface area (Å²) in [6.45, 7) is 3.33. The molecule has 3 saturated heterocycles. The first kappa shape index (κ1) is 29.0. The van der Waals surface area contributed by atoms with Crippen molar-refractivity contribution in [2.24, 2.45) is 0 Å². The molecule has 0 aliphatic carbocycles. The summed E-state index contributed by atoms with van der Waals surface area (Å²) in [6, 6.07) is 12.0. The van der Waals surface area contributed by atoms with E-state index in [0.717, 1.165) is 19.6 Å². The number of halogens is 2. The number of aromatic nitrogens is 3. The number of benzene rings is 2. The van der Waals surface area contributed by atoms with Crippen LogP contribution in [0.4, 0.5) is 14.6 Å². The van der Waals surface area contributed by atoms with Crippen molar-refractivity contribution in [3.05, 3.63) is 66.4 Å². The molecular formula is C33H31F2N7O3. The Kier molecular flexibility index (Phi) is 7.73. The third-order valence-electron chi connectivity index (χ3n) is 8.94. The molecule has 3 atom stereocenters. The zero-order valence-electron chi connectivity index (χ0n) is 24.7. The van der Waals surface area contributed by atoms with Crippen molar-refractivity contribution in [1.29, 1.82) is 5.26 Å². The molecule has 2 aromatic carbocycles. The van der Waals surface area contributed by atoms with E-state index in [1.165, 1.54) is 19.4 Å². The summed E-state index contributed by atoms with van der Waals surface area (Å²) in [5.41, 5.74) is 0.252. The van der Waals surface area contributed by atoms with Crippen LogP contribution in [0.2, 0.25) is 0 Å². The highest BCUT2D eigenvalue weighted by atomic mass is 19.1. The highest BCUT2D eigenvalue weighted by molar-refractivity contribution is 5.99. The van der Waals surface area contributed by atoms with E-state index in [0.29, 0.717) is 60.5 Å². The molecular weight excluding hydrogens is 580 g/mol. The van der Waals surface area contributed by atoms with E-state index in [2.05, 4.69) is 25.9 Å². The van der Waals surface area contributed by atoms with Crippen LogP contribution in [0, 0.1) is 23.0 Å². The molecule has 10 nitrogen and oxygen atoms in total. The van der Waals surface area contributed by atoms with Crippen molar-refractivity contribution in [3.63, 3.8) is 0 Å². The Morgan fingerprint density at radius 2 is 2.02 bits per heavy atom. The van der Waals surface area contributed by atoms with Gasteiger partial charge in [0.15, 0.2) is 5.82 Å². The molecule has 2 bridgehead atoms. The quantitative estimate of drug-likeness (QED) is 0.286. The lowest BCUT2D eigenvalue weighted by Crippen LogP contribution is -2.55. The Morgan fingerprint density at radius 3 is 2.78 bits per heavy atom. The summed E-state index contributed by atoms with van der Waals surface area (Å²) in [5.74, 6) is -0.972. The number of pyridine rings is 1. The minimum Gasteiger partial charge on any atom is -0.467 e. The van der Waals surface area contributed by atoms with Crippen LogP contribution in [0.15, 0.2) is 54.7 Å². The Morgan fingerprint density at radius 1 is 1.18 bits per heavy atom. The fourth-order valence-electron chi connectivity index (χ4n) is 6.74. The summed E-state index contributed by atoms with van der Waals surface area (Å²) in [7, 11) is 1.40. The van der Waals surface area contributed by atoms with Crippen LogP contribution in [0.5, 0.6) is 6.01 Å². The fraction of sp³-hybridized carbons (Fsp3) is 0.364. The number of fused-ring (bicyclic) bond motifs is 4. The number of nitrogens with zero attached hydrogens (tertiary/aromatic N) is 7. The van der Waals surface area contributed by atoms with Crippen LogP contribution < -0.4 is 9.64 Å². The van der Waals surface area contributed by atoms with Gasteiger partial charge in [-0.3, -0.25) is 14.7 Å². The van der Waals surface area contributed by atoms with Crippen LogP contribution in [-0.2, 0) is 9.53 Å². The second-order valence-electron chi connectivity index (χ2n) is 11.6. The van der Waals surface area contributed by atoms with E-state index in [1.54, 1.807) is 41.3 Å². The smallest absolute Gasteiger partial charge is 0.318 e. The molecule has 4 aromatic rings. The van der Waals surface area contributed by atoms with E-state index < -0.39 is 17.7 Å². The van der Waals surface area contributed by atoms with Gasteiger partial charge in [-0.25, -0.2) is 8.78 Å².